The molecule has 7 heteroatoms. The minimum Gasteiger partial charge on any atom is -0.481 e. The van der Waals surface area contributed by atoms with E-state index in [2.05, 4.69) is 49.4 Å². The van der Waals surface area contributed by atoms with Crippen LogP contribution in [0, 0.1) is 12.7 Å². The van der Waals surface area contributed by atoms with E-state index in [1.807, 2.05) is 28.8 Å². The Balaban J connectivity index is 1.56. The van der Waals surface area contributed by atoms with Crippen molar-refractivity contribution in [2.45, 2.75) is 13.5 Å². The van der Waals surface area contributed by atoms with E-state index in [-0.39, 0.29) is 23.4 Å². The molecule has 0 aliphatic carbocycles. The normalized spacial score (nSPS) is 11.3. The Morgan fingerprint density at radius 2 is 1.66 bits per heavy atom. The van der Waals surface area contributed by atoms with Crippen LogP contribution in [0.2, 0.25) is 0 Å². The number of rotatable bonds is 7. The van der Waals surface area contributed by atoms with E-state index in [1.165, 1.54) is 24.8 Å². The fraction of sp³-hybridized carbons (Fsp3) is 0.118. The molecule has 6 nitrogen and oxygen atoms in total. The average Bonchev–Trinajstić information content (AvgIpc) is 3.31. The average molecular weight is 547 g/mol. The van der Waals surface area contributed by atoms with Gasteiger partial charge in [0.1, 0.15) is 11.6 Å². The highest BCUT2D eigenvalue weighted by atomic mass is 19.1. The Bertz CT molecular complexity index is 1990. The van der Waals surface area contributed by atoms with Gasteiger partial charge in [0.2, 0.25) is 5.91 Å². The second kappa shape index (κ2) is 10.4. The van der Waals surface area contributed by atoms with Gasteiger partial charge in [-0.3, -0.25) is 4.79 Å². The molecule has 41 heavy (non-hydrogen) atoms. The van der Waals surface area contributed by atoms with E-state index >= 15 is 4.39 Å². The first-order valence-corrected chi connectivity index (χ1v) is 13.2. The monoisotopic (exact) mass is 546 g/mol. The molecule has 2 N–H and O–H groups in total. The molecule has 0 spiro atoms. The summed E-state index contributed by atoms with van der Waals surface area (Å²) in [5.74, 6) is -1.47. The molecule has 0 atom stereocenters. The van der Waals surface area contributed by atoms with E-state index in [9.17, 15) is 9.59 Å². The predicted octanol–water partition coefficient (Wildman–Crippen LogP) is 6.76. The van der Waals surface area contributed by atoms with Crippen LogP contribution in [0.1, 0.15) is 21.5 Å². The first kappa shape index (κ1) is 26.1. The molecule has 6 rings (SSSR count). The number of hydrogen-bond acceptors (Lipinski definition) is 4. The number of halogens is 1. The van der Waals surface area contributed by atoms with Gasteiger partial charge in [0, 0.05) is 17.5 Å². The van der Waals surface area contributed by atoms with Gasteiger partial charge in [0.25, 0.3) is 0 Å². The fourth-order valence-corrected chi connectivity index (χ4v) is 5.53. The number of nitrogens with zero attached hydrogens (tertiary/aromatic N) is 1. The number of aryl methyl sites for hydroxylation is 1. The summed E-state index contributed by atoms with van der Waals surface area (Å²) >= 11 is 0. The summed E-state index contributed by atoms with van der Waals surface area (Å²) in [4.78, 5) is 24.3. The summed E-state index contributed by atoms with van der Waals surface area (Å²) in [5, 5.41) is 3.13. The van der Waals surface area contributed by atoms with Crippen molar-refractivity contribution in [3.05, 3.63) is 114 Å². The summed E-state index contributed by atoms with van der Waals surface area (Å²) in [6.45, 7) is 2.01. The number of methoxy groups -OCH3 is 1. The highest BCUT2D eigenvalue weighted by Crippen LogP contribution is 2.40. The third kappa shape index (κ3) is 4.65. The number of nitrogens with two attached hydrogens (primary N) is 1. The van der Waals surface area contributed by atoms with Crippen LogP contribution < -0.4 is 10.5 Å². The van der Waals surface area contributed by atoms with E-state index in [1.54, 1.807) is 12.1 Å². The second-order valence-corrected chi connectivity index (χ2v) is 10.0. The van der Waals surface area contributed by atoms with Crippen molar-refractivity contribution in [1.29, 1.82) is 0 Å². The molecule has 204 valence electrons. The predicted molar refractivity (Wildman–Crippen MR) is 159 cm³/mol. The van der Waals surface area contributed by atoms with Gasteiger partial charge in [-0.2, -0.15) is 0 Å². The number of primary amides is 1. The Morgan fingerprint density at radius 3 is 2.46 bits per heavy atom. The van der Waals surface area contributed by atoms with Crippen LogP contribution in [0.3, 0.4) is 0 Å². The van der Waals surface area contributed by atoms with Gasteiger partial charge in [0.05, 0.1) is 23.5 Å². The van der Waals surface area contributed by atoms with Crippen molar-refractivity contribution < 1.29 is 23.5 Å². The Hall–Kier alpha value is -5.17. The highest BCUT2D eigenvalue weighted by Gasteiger charge is 2.23. The lowest BCUT2D eigenvalue weighted by atomic mass is 9.96. The molecule has 0 radical (unpaired) electrons. The Labute approximate surface area is 235 Å². The molecule has 1 heterocycles. The lowest BCUT2D eigenvalue weighted by Crippen LogP contribution is -2.13. The zero-order chi connectivity index (χ0) is 28.7. The molecule has 0 aliphatic rings. The number of aromatic nitrogens is 1. The van der Waals surface area contributed by atoms with Crippen LogP contribution in [0.25, 0.3) is 43.7 Å². The van der Waals surface area contributed by atoms with Crippen LogP contribution in [0.4, 0.5) is 4.39 Å². The lowest BCUT2D eigenvalue weighted by Gasteiger charge is -2.14. The molecule has 0 aliphatic heterocycles. The fourth-order valence-electron chi connectivity index (χ4n) is 5.53. The molecule has 0 bridgehead atoms. The molecule has 0 saturated carbocycles. The highest BCUT2D eigenvalue weighted by molar-refractivity contribution is 6.20. The zero-order valence-electron chi connectivity index (χ0n) is 22.6. The minimum atomic E-state index is -0.648. The number of ether oxygens (including phenoxy) is 2. The molecule has 0 saturated heterocycles. The van der Waals surface area contributed by atoms with Crippen molar-refractivity contribution >= 4 is 44.5 Å². The second-order valence-electron chi connectivity index (χ2n) is 10.0. The van der Waals surface area contributed by atoms with Gasteiger partial charge in [-0.25, -0.2) is 9.18 Å². The van der Waals surface area contributed by atoms with E-state index in [4.69, 9.17) is 15.2 Å². The number of carbonyl (C=O) groups is 2. The quantitative estimate of drug-likeness (QED) is 0.224. The molecule has 1 aromatic heterocycles. The minimum absolute atomic E-state index is 0.234. The number of benzene rings is 5. The first-order chi connectivity index (χ1) is 19.9. The summed E-state index contributed by atoms with van der Waals surface area (Å²) in [5.41, 5.74) is 11.1. The molecule has 6 aromatic rings. The number of carbonyl (C=O) groups excluding carboxylic acids is 2. The SMILES string of the molecule is COC(=O)COc1ccc(F)c2c1c1c(C(N)=O)cccc1n2Cc1ccccc1-c1ccc2cc(C)ccc2c1. The van der Waals surface area contributed by atoms with Crippen molar-refractivity contribution in [2.24, 2.45) is 5.73 Å². The maximum Gasteiger partial charge on any atom is 0.343 e. The molecule has 0 unspecified atom stereocenters. The van der Waals surface area contributed by atoms with Crippen molar-refractivity contribution in [3.8, 4) is 16.9 Å². The van der Waals surface area contributed by atoms with Crippen LogP contribution in [0.5, 0.6) is 5.75 Å². The first-order valence-electron chi connectivity index (χ1n) is 13.2. The Morgan fingerprint density at radius 1 is 0.878 bits per heavy atom. The number of fused-ring (bicyclic) bond motifs is 4. The van der Waals surface area contributed by atoms with Gasteiger partial charge < -0.3 is 19.8 Å². The van der Waals surface area contributed by atoms with Gasteiger partial charge in [-0.05, 0) is 64.7 Å². The summed E-state index contributed by atoms with van der Waals surface area (Å²) in [6.07, 6.45) is 0. The standard InChI is InChI=1S/C34H27FN2O4/c1-20-10-11-22-17-23(13-12-21(22)16-20)25-7-4-3-6-24(25)18-37-28-9-5-8-26(34(36)39)31(28)32-29(41-19-30(38)40-2)15-14-27(35)33(32)37/h3-17H,18-19H2,1-2H3,(H2,36,39). The lowest BCUT2D eigenvalue weighted by molar-refractivity contribution is -0.142. The summed E-state index contributed by atoms with van der Waals surface area (Å²) in [7, 11) is 1.26. The Kier molecular flexibility index (Phi) is 6.63. The van der Waals surface area contributed by atoms with Crippen LogP contribution >= 0.6 is 0 Å². The van der Waals surface area contributed by atoms with Crippen molar-refractivity contribution in [1.82, 2.24) is 4.57 Å². The molecule has 0 fully saturated rings. The largest absolute Gasteiger partial charge is 0.481 e. The number of hydrogen-bond donors (Lipinski definition) is 1. The summed E-state index contributed by atoms with van der Waals surface area (Å²) in [6, 6.07) is 28.6. The molecule has 1 amide bonds. The van der Waals surface area contributed by atoms with Gasteiger partial charge in [-0.15, -0.1) is 0 Å². The molecular weight excluding hydrogens is 519 g/mol. The van der Waals surface area contributed by atoms with Crippen LogP contribution in [-0.4, -0.2) is 30.2 Å². The van der Waals surface area contributed by atoms with Gasteiger partial charge >= 0.3 is 5.97 Å². The third-order valence-corrected chi connectivity index (χ3v) is 7.43. The number of amides is 1. The van der Waals surface area contributed by atoms with E-state index < -0.39 is 17.7 Å². The maximum atomic E-state index is 15.7. The maximum absolute atomic E-state index is 15.7. The van der Waals surface area contributed by atoms with Gasteiger partial charge in [-0.1, -0.05) is 66.2 Å². The van der Waals surface area contributed by atoms with Crippen molar-refractivity contribution in [2.75, 3.05) is 13.7 Å². The zero-order valence-corrected chi connectivity index (χ0v) is 22.6. The van der Waals surface area contributed by atoms with E-state index in [0.29, 0.717) is 22.8 Å². The molecular formula is C34H27FN2O4. The van der Waals surface area contributed by atoms with E-state index in [0.717, 1.165) is 27.5 Å². The van der Waals surface area contributed by atoms with Crippen molar-refractivity contribution in [3.63, 3.8) is 0 Å². The smallest absolute Gasteiger partial charge is 0.343 e. The van der Waals surface area contributed by atoms with Crippen LogP contribution in [-0.2, 0) is 16.1 Å². The summed E-state index contributed by atoms with van der Waals surface area (Å²) < 4.78 is 28.0. The van der Waals surface area contributed by atoms with Crippen LogP contribution in [0.15, 0.2) is 91.0 Å². The third-order valence-electron chi connectivity index (χ3n) is 7.43. The number of esters is 1. The topological polar surface area (TPSA) is 83.6 Å². The molecule has 5 aromatic carbocycles. The van der Waals surface area contributed by atoms with Gasteiger partial charge in [0.15, 0.2) is 6.61 Å².